The van der Waals surface area contributed by atoms with Gasteiger partial charge in [-0.25, -0.2) is 4.79 Å². The fraction of sp³-hybridized carbons (Fsp3) is 0.357. The van der Waals surface area contributed by atoms with E-state index in [1.54, 1.807) is 24.3 Å². The highest BCUT2D eigenvalue weighted by Gasteiger charge is 2.23. The van der Waals surface area contributed by atoms with Gasteiger partial charge in [0.05, 0.1) is 17.7 Å². The Morgan fingerprint density at radius 1 is 1.30 bits per heavy atom. The second kappa shape index (κ2) is 7.65. The SMILES string of the molecule is COC(=O)[C@H](CCC(C)=O)NC(=O)c1ccccc1Cl. The number of Topliss-reactive ketones (excluding diaryl/α,β-unsaturated/α-hetero) is 1. The molecule has 0 fully saturated rings. The monoisotopic (exact) mass is 297 g/mol. The molecule has 1 rings (SSSR count). The number of esters is 1. The quantitative estimate of drug-likeness (QED) is 0.815. The number of halogens is 1. The van der Waals surface area contributed by atoms with E-state index in [0.29, 0.717) is 5.02 Å². The molecule has 0 heterocycles. The lowest BCUT2D eigenvalue weighted by atomic mass is 10.1. The molecule has 6 heteroatoms. The molecule has 0 radical (unpaired) electrons. The standard InChI is InChI=1S/C14H16ClNO4/c1-9(17)7-8-12(14(19)20-2)16-13(18)10-5-3-4-6-11(10)15/h3-6,12H,7-8H2,1-2H3,(H,16,18)/t12-/m0/s1. The molecule has 0 aliphatic carbocycles. The van der Waals surface area contributed by atoms with Crippen molar-refractivity contribution in [3.05, 3.63) is 34.9 Å². The van der Waals surface area contributed by atoms with Gasteiger partial charge in [-0.05, 0) is 25.5 Å². The first-order valence-corrected chi connectivity index (χ1v) is 6.46. The summed E-state index contributed by atoms with van der Waals surface area (Å²) in [5.74, 6) is -1.13. The molecule has 0 saturated carbocycles. The Bertz CT molecular complexity index is 516. The van der Waals surface area contributed by atoms with Gasteiger partial charge in [-0.15, -0.1) is 0 Å². The van der Waals surface area contributed by atoms with E-state index in [0.717, 1.165) is 0 Å². The zero-order valence-electron chi connectivity index (χ0n) is 11.3. The third kappa shape index (κ3) is 4.66. The number of rotatable bonds is 6. The lowest BCUT2D eigenvalue weighted by molar-refractivity contribution is -0.143. The lowest BCUT2D eigenvalue weighted by Gasteiger charge is -2.16. The number of nitrogens with one attached hydrogen (secondary N) is 1. The minimum Gasteiger partial charge on any atom is -0.467 e. The number of carbonyl (C=O) groups is 3. The van der Waals surface area contributed by atoms with Gasteiger partial charge in [0, 0.05) is 6.42 Å². The molecule has 1 aromatic carbocycles. The van der Waals surface area contributed by atoms with E-state index < -0.39 is 17.9 Å². The van der Waals surface area contributed by atoms with E-state index in [1.807, 2.05) is 0 Å². The molecule has 1 N–H and O–H groups in total. The van der Waals surface area contributed by atoms with E-state index in [-0.39, 0.29) is 24.2 Å². The van der Waals surface area contributed by atoms with E-state index in [9.17, 15) is 14.4 Å². The van der Waals surface area contributed by atoms with Crippen LogP contribution in [-0.2, 0) is 14.3 Å². The molecule has 0 spiro atoms. The summed E-state index contributed by atoms with van der Waals surface area (Å²) in [4.78, 5) is 34.6. The Balaban J connectivity index is 2.79. The Hall–Kier alpha value is -1.88. The molecule has 0 aliphatic rings. The Labute approximate surface area is 122 Å². The van der Waals surface area contributed by atoms with Crippen molar-refractivity contribution < 1.29 is 19.1 Å². The molecule has 1 aromatic rings. The minimum atomic E-state index is -0.868. The number of ether oxygens (including phenoxy) is 1. The maximum Gasteiger partial charge on any atom is 0.328 e. The summed E-state index contributed by atoms with van der Waals surface area (Å²) in [6, 6.07) is 5.64. The second-order valence-electron chi connectivity index (χ2n) is 4.27. The smallest absolute Gasteiger partial charge is 0.328 e. The second-order valence-corrected chi connectivity index (χ2v) is 4.68. The van der Waals surface area contributed by atoms with Crippen LogP contribution >= 0.6 is 11.6 Å². The molecule has 1 atom stereocenters. The van der Waals surface area contributed by atoms with Crippen LogP contribution in [0, 0.1) is 0 Å². The first-order chi connectivity index (χ1) is 9.45. The molecule has 0 unspecified atom stereocenters. The number of benzene rings is 1. The highest BCUT2D eigenvalue weighted by atomic mass is 35.5. The van der Waals surface area contributed by atoms with Crippen molar-refractivity contribution in [1.29, 1.82) is 0 Å². The fourth-order valence-corrected chi connectivity index (χ4v) is 1.84. The molecule has 0 aliphatic heterocycles. The van der Waals surface area contributed by atoms with E-state index in [4.69, 9.17) is 11.6 Å². The summed E-state index contributed by atoms with van der Waals surface area (Å²) in [5, 5.41) is 2.82. The summed E-state index contributed by atoms with van der Waals surface area (Å²) >= 11 is 5.91. The van der Waals surface area contributed by atoms with Gasteiger partial charge in [0.15, 0.2) is 0 Å². The van der Waals surface area contributed by atoms with Crippen LogP contribution in [0.15, 0.2) is 24.3 Å². The summed E-state index contributed by atoms with van der Waals surface area (Å²) < 4.78 is 4.61. The topological polar surface area (TPSA) is 72.5 Å². The molecule has 108 valence electrons. The van der Waals surface area contributed by atoms with Crippen molar-refractivity contribution in [2.75, 3.05) is 7.11 Å². The molecule has 0 bridgehead atoms. The van der Waals surface area contributed by atoms with E-state index >= 15 is 0 Å². The summed E-state index contributed by atoms with van der Waals surface area (Å²) in [7, 11) is 1.23. The van der Waals surface area contributed by atoms with Crippen molar-refractivity contribution in [2.45, 2.75) is 25.8 Å². The van der Waals surface area contributed by atoms with Crippen molar-refractivity contribution in [3.8, 4) is 0 Å². The predicted octanol–water partition coefficient (Wildman–Crippen LogP) is 1.98. The molecule has 0 saturated heterocycles. The van der Waals surface area contributed by atoms with Crippen LogP contribution < -0.4 is 5.32 Å². The first-order valence-electron chi connectivity index (χ1n) is 6.08. The van der Waals surface area contributed by atoms with Gasteiger partial charge >= 0.3 is 5.97 Å². The van der Waals surface area contributed by atoms with E-state index in [2.05, 4.69) is 10.1 Å². The third-order valence-corrected chi connectivity index (χ3v) is 3.02. The Morgan fingerprint density at radius 2 is 1.95 bits per heavy atom. The lowest BCUT2D eigenvalue weighted by Crippen LogP contribution is -2.41. The van der Waals surface area contributed by atoms with Crippen LogP contribution in [0.5, 0.6) is 0 Å². The van der Waals surface area contributed by atoms with Gasteiger partial charge in [-0.3, -0.25) is 4.79 Å². The maximum atomic E-state index is 12.1. The highest BCUT2D eigenvalue weighted by molar-refractivity contribution is 6.33. The fourth-order valence-electron chi connectivity index (χ4n) is 1.62. The number of ketones is 1. The number of carbonyl (C=O) groups excluding carboxylic acids is 3. The summed E-state index contributed by atoms with van der Waals surface area (Å²) in [6.07, 6.45) is 0.376. The molecule has 5 nitrogen and oxygen atoms in total. The van der Waals surface area contributed by atoms with Crippen molar-refractivity contribution in [2.24, 2.45) is 0 Å². The normalized spacial score (nSPS) is 11.6. The first kappa shape index (κ1) is 16.2. The third-order valence-electron chi connectivity index (χ3n) is 2.69. The number of amides is 1. The average molecular weight is 298 g/mol. The summed E-state index contributed by atoms with van der Waals surface area (Å²) in [6.45, 7) is 1.42. The molecule has 20 heavy (non-hydrogen) atoms. The zero-order chi connectivity index (χ0) is 15.1. The van der Waals surface area contributed by atoms with Crippen LogP contribution in [0.1, 0.15) is 30.1 Å². The van der Waals surface area contributed by atoms with Crippen molar-refractivity contribution in [3.63, 3.8) is 0 Å². The van der Waals surface area contributed by atoms with Crippen LogP contribution in [-0.4, -0.2) is 30.8 Å². The largest absolute Gasteiger partial charge is 0.467 e. The molecule has 0 aromatic heterocycles. The zero-order valence-corrected chi connectivity index (χ0v) is 12.1. The van der Waals surface area contributed by atoms with Gasteiger partial charge in [0.2, 0.25) is 0 Å². The van der Waals surface area contributed by atoms with Gasteiger partial charge in [0.1, 0.15) is 11.8 Å². The highest BCUT2D eigenvalue weighted by Crippen LogP contribution is 2.15. The van der Waals surface area contributed by atoms with Crippen LogP contribution in [0.25, 0.3) is 0 Å². The molecular formula is C14H16ClNO4. The molecule has 1 amide bonds. The summed E-state index contributed by atoms with van der Waals surface area (Å²) in [5.41, 5.74) is 0.269. The molecular weight excluding hydrogens is 282 g/mol. The minimum absolute atomic E-state index is 0.0640. The number of hydrogen-bond donors (Lipinski definition) is 1. The number of hydrogen-bond acceptors (Lipinski definition) is 4. The van der Waals surface area contributed by atoms with E-state index in [1.165, 1.54) is 14.0 Å². The van der Waals surface area contributed by atoms with Crippen LogP contribution in [0.4, 0.5) is 0 Å². The van der Waals surface area contributed by atoms with Crippen molar-refractivity contribution >= 4 is 29.3 Å². The van der Waals surface area contributed by atoms with Crippen molar-refractivity contribution in [1.82, 2.24) is 5.32 Å². The van der Waals surface area contributed by atoms with Gasteiger partial charge < -0.3 is 14.8 Å². The predicted molar refractivity (Wildman–Crippen MR) is 74.6 cm³/mol. The maximum absolute atomic E-state index is 12.1. The van der Waals surface area contributed by atoms with Crippen LogP contribution in [0.3, 0.4) is 0 Å². The van der Waals surface area contributed by atoms with Gasteiger partial charge in [-0.1, -0.05) is 23.7 Å². The Morgan fingerprint density at radius 3 is 2.50 bits per heavy atom. The van der Waals surface area contributed by atoms with Gasteiger partial charge in [-0.2, -0.15) is 0 Å². The average Bonchev–Trinajstić information content (AvgIpc) is 2.42. The van der Waals surface area contributed by atoms with Gasteiger partial charge in [0.25, 0.3) is 5.91 Å². The number of methoxy groups -OCH3 is 1. The van der Waals surface area contributed by atoms with Crippen LogP contribution in [0.2, 0.25) is 5.02 Å². The Kier molecular flexibility index (Phi) is 6.18.